The molecule has 130 valence electrons. The van der Waals surface area contributed by atoms with E-state index in [1.54, 1.807) is 5.48 Å². The minimum Gasteiger partial charge on any atom is -0.289 e. The number of hydrogen-bond donors (Lipinski definition) is 2. The lowest BCUT2D eigenvalue weighted by Crippen LogP contribution is -2.40. The third-order valence-corrected chi connectivity index (χ3v) is 6.72. The third kappa shape index (κ3) is 4.85. The van der Waals surface area contributed by atoms with E-state index in [0.717, 1.165) is 25.7 Å². The van der Waals surface area contributed by atoms with Crippen LogP contribution in [-0.4, -0.2) is 22.1 Å². The first-order valence-electron chi connectivity index (χ1n) is 8.14. The summed E-state index contributed by atoms with van der Waals surface area (Å²) in [7, 11) is 0. The maximum absolute atomic E-state index is 11.7. The Morgan fingerprint density at radius 3 is 2.46 bits per heavy atom. The summed E-state index contributed by atoms with van der Waals surface area (Å²) in [6.07, 6.45) is 5.66. The molecule has 1 heterocycles. The van der Waals surface area contributed by atoms with Gasteiger partial charge in [0.25, 0.3) is 5.91 Å². The molecule has 0 bridgehead atoms. The molecular formula is C19H25NO2S2. The summed E-state index contributed by atoms with van der Waals surface area (Å²) in [5.41, 5.74) is 4.37. The van der Waals surface area contributed by atoms with Crippen molar-refractivity contribution in [2.45, 2.75) is 44.3 Å². The Morgan fingerprint density at radius 1 is 1.21 bits per heavy atom. The number of hydroxylamine groups is 1. The first-order valence-corrected chi connectivity index (χ1v) is 10.2. The summed E-state index contributed by atoms with van der Waals surface area (Å²) in [6.45, 7) is 4.00. The van der Waals surface area contributed by atoms with Crippen molar-refractivity contribution in [1.29, 1.82) is 0 Å². The normalized spacial score (nSPS) is 13.5. The van der Waals surface area contributed by atoms with Crippen LogP contribution in [0.1, 0.15) is 36.6 Å². The van der Waals surface area contributed by atoms with Crippen molar-refractivity contribution < 1.29 is 10.0 Å². The maximum Gasteiger partial charge on any atom is 0.259 e. The number of nitrogens with one attached hydrogen (secondary N) is 1. The van der Waals surface area contributed by atoms with Gasteiger partial charge < -0.3 is 0 Å². The van der Waals surface area contributed by atoms with Crippen LogP contribution in [0.15, 0.2) is 36.4 Å². The molecule has 5 heteroatoms. The Kier molecular flexibility index (Phi) is 6.90. The van der Waals surface area contributed by atoms with Crippen molar-refractivity contribution in [3.05, 3.63) is 46.8 Å². The zero-order valence-electron chi connectivity index (χ0n) is 14.5. The van der Waals surface area contributed by atoms with Gasteiger partial charge in [-0.3, -0.25) is 10.0 Å². The van der Waals surface area contributed by atoms with Gasteiger partial charge in [-0.05, 0) is 62.6 Å². The summed E-state index contributed by atoms with van der Waals surface area (Å²) in [4.78, 5) is 14.4. The largest absolute Gasteiger partial charge is 0.289 e. The van der Waals surface area contributed by atoms with Crippen molar-refractivity contribution >= 4 is 29.0 Å². The molecule has 1 aromatic heterocycles. The molecule has 0 aliphatic heterocycles. The fourth-order valence-electron chi connectivity index (χ4n) is 2.64. The molecule has 2 rings (SSSR count). The number of benzene rings is 1. The van der Waals surface area contributed by atoms with Gasteiger partial charge in [-0.1, -0.05) is 30.7 Å². The predicted octanol–water partition coefficient (Wildman–Crippen LogP) is 5.06. The lowest BCUT2D eigenvalue weighted by atomic mass is 9.99. The zero-order chi connectivity index (χ0) is 17.6. The highest BCUT2D eigenvalue weighted by atomic mass is 32.2. The molecule has 2 N–H and O–H groups in total. The van der Waals surface area contributed by atoms with Crippen LogP contribution in [-0.2, 0) is 11.2 Å². The molecule has 0 saturated carbocycles. The summed E-state index contributed by atoms with van der Waals surface area (Å²) < 4.78 is -0.560. The van der Waals surface area contributed by atoms with Gasteiger partial charge in [0, 0.05) is 9.75 Å². The maximum atomic E-state index is 11.7. The van der Waals surface area contributed by atoms with E-state index in [2.05, 4.69) is 43.3 Å². The molecule has 24 heavy (non-hydrogen) atoms. The Morgan fingerprint density at radius 2 is 1.92 bits per heavy atom. The van der Waals surface area contributed by atoms with Crippen LogP contribution < -0.4 is 5.48 Å². The van der Waals surface area contributed by atoms with Crippen molar-refractivity contribution in [1.82, 2.24) is 5.48 Å². The molecular weight excluding hydrogens is 338 g/mol. The summed E-state index contributed by atoms with van der Waals surface area (Å²) in [5.74, 6) is -0.314. The number of thioether (sulfide) groups is 1. The first-order chi connectivity index (χ1) is 11.5. The van der Waals surface area contributed by atoms with E-state index in [1.807, 2.05) is 24.5 Å². The molecule has 1 unspecified atom stereocenters. The molecule has 0 saturated heterocycles. The second-order valence-corrected chi connectivity index (χ2v) is 8.79. The van der Waals surface area contributed by atoms with E-state index in [4.69, 9.17) is 5.21 Å². The van der Waals surface area contributed by atoms with Crippen molar-refractivity contribution in [3.8, 4) is 10.4 Å². The van der Waals surface area contributed by atoms with Crippen LogP contribution in [0.25, 0.3) is 10.4 Å². The van der Waals surface area contributed by atoms with E-state index >= 15 is 0 Å². The molecule has 1 aromatic carbocycles. The molecule has 0 aliphatic rings. The van der Waals surface area contributed by atoms with Gasteiger partial charge in [-0.15, -0.1) is 23.1 Å². The van der Waals surface area contributed by atoms with Crippen molar-refractivity contribution in [2.75, 3.05) is 6.26 Å². The van der Waals surface area contributed by atoms with E-state index in [-0.39, 0.29) is 5.91 Å². The van der Waals surface area contributed by atoms with Gasteiger partial charge in [-0.2, -0.15) is 0 Å². The SMILES string of the molecule is CSC(C)(CCCCc1ccc(-c2ccc(C)s2)cc1)C(=O)NO. The van der Waals surface area contributed by atoms with E-state index in [1.165, 1.54) is 32.6 Å². The zero-order valence-corrected chi connectivity index (χ0v) is 16.1. The third-order valence-electron chi connectivity index (χ3n) is 4.38. The van der Waals surface area contributed by atoms with Crippen LogP contribution in [0.5, 0.6) is 0 Å². The number of rotatable bonds is 8. The number of carbonyl (C=O) groups excluding carboxylic acids is 1. The number of aryl methyl sites for hydroxylation is 2. The second-order valence-electron chi connectivity index (χ2n) is 6.19. The van der Waals surface area contributed by atoms with Crippen LogP contribution in [0.2, 0.25) is 0 Å². The van der Waals surface area contributed by atoms with Crippen LogP contribution in [0.3, 0.4) is 0 Å². The second kappa shape index (κ2) is 8.70. The number of amides is 1. The lowest BCUT2D eigenvalue weighted by molar-refractivity contribution is -0.131. The van der Waals surface area contributed by atoms with Crippen LogP contribution in [0.4, 0.5) is 0 Å². The fraction of sp³-hybridized carbons (Fsp3) is 0.421. The highest BCUT2D eigenvalue weighted by Crippen LogP contribution is 2.30. The van der Waals surface area contributed by atoms with Gasteiger partial charge in [0.1, 0.15) is 0 Å². The molecule has 0 fully saturated rings. The number of unbranched alkanes of at least 4 members (excludes halogenated alkanes) is 1. The summed E-state index contributed by atoms with van der Waals surface area (Å²) in [5, 5.41) is 8.85. The average Bonchev–Trinajstić information content (AvgIpc) is 3.04. The highest BCUT2D eigenvalue weighted by Gasteiger charge is 2.31. The minimum atomic E-state index is -0.560. The molecule has 0 aliphatic carbocycles. The Labute approximate surface area is 152 Å². The van der Waals surface area contributed by atoms with Gasteiger partial charge in [0.2, 0.25) is 0 Å². The highest BCUT2D eigenvalue weighted by molar-refractivity contribution is 8.00. The lowest BCUT2D eigenvalue weighted by Gasteiger charge is -2.24. The number of thiophene rings is 1. The first kappa shape index (κ1) is 19.0. The van der Waals surface area contributed by atoms with Crippen LogP contribution in [0, 0.1) is 6.92 Å². The minimum absolute atomic E-state index is 0.314. The van der Waals surface area contributed by atoms with E-state index in [9.17, 15) is 4.79 Å². The molecule has 1 atom stereocenters. The van der Waals surface area contributed by atoms with Crippen LogP contribution >= 0.6 is 23.1 Å². The average molecular weight is 364 g/mol. The van der Waals surface area contributed by atoms with E-state index in [0.29, 0.717) is 0 Å². The Hall–Kier alpha value is -1.30. The standard InChI is InChI=1S/C19H25NO2S2/c1-14-7-12-17(24-14)16-10-8-15(9-11-16)6-4-5-13-19(2,23-3)18(21)20-22/h7-12,22H,4-6,13H2,1-3H3,(H,20,21). The molecule has 0 spiro atoms. The van der Waals surface area contributed by atoms with Gasteiger partial charge in [0.05, 0.1) is 4.75 Å². The quantitative estimate of drug-likeness (QED) is 0.391. The van der Waals surface area contributed by atoms with Gasteiger partial charge in [-0.25, -0.2) is 5.48 Å². The summed E-state index contributed by atoms with van der Waals surface area (Å²) in [6, 6.07) is 13.1. The van der Waals surface area contributed by atoms with Gasteiger partial charge >= 0.3 is 0 Å². The Bertz CT molecular complexity index is 666. The molecule has 3 nitrogen and oxygen atoms in total. The van der Waals surface area contributed by atoms with E-state index < -0.39 is 4.75 Å². The number of hydrogen-bond acceptors (Lipinski definition) is 4. The monoisotopic (exact) mass is 363 g/mol. The molecule has 1 amide bonds. The fourth-order valence-corrected chi connectivity index (χ4v) is 4.10. The summed E-state index contributed by atoms with van der Waals surface area (Å²) >= 11 is 3.30. The molecule has 0 radical (unpaired) electrons. The van der Waals surface area contributed by atoms with Crippen molar-refractivity contribution in [3.63, 3.8) is 0 Å². The van der Waals surface area contributed by atoms with Gasteiger partial charge in [0.15, 0.2) is 0 Å². The van der Waals surface area contributed by atoms with Crippen molar-refractivity contribution in [2.24, 2.45) is 0 Å². The topological polar surface area (TPSA) is 49.3 Å². The predicted molar refractivity (Wildman–Crippen MR) is 104 cm³/mol. The Balaban J connectivity index is 1.83. The smallest absolute Gasteiger partial charge is 0.259 e. The number of carbonyl (C=O) groups is 1. The molecule has 2 aromatic rings.